The number of amides is 1. The lowest BCUT2D eigenvalue weighted by Crippen LogP contribution is -2.52. The summed E-state index contributed by atoms with van der Waals surface area (Å²) < 4.78 is 0. The molecule has 0 N–H and O–H groups in total. The van der Waals surface area contributed by atoms with Crippen molar-refractivity contribution in [2.24, 2.45) is 0 Å². The van der Waals surface area contributed by atoms with Crippen LogP contribution in [0.4, 0.5) is 0 Å². The zero-order valence-electron chi connectivity index (χ0n) is 16.8. The Morgan fingerprint density at radius 2 is 1.69 bits per heavy atom. The lowest BCUT2D eigenvalue weighted by molar-refractivity contribution is -0.131. The average Bonchev–Trinajstić information content (AvgIpc) is 2.86. The summed E-state index contributed by atoms with van der Waals surface area (Å²) >= 11 is 0. The van der Waals surface area contributed by atoms with Crippen LogP contribution >= 0.6 is 0 Å². The Balaban J connectivity index is 1.55. The van der Waals surface area contributed by atoms with E-state index in [9.17, 15) is 4.79 Å². The second kappa shape index (κ2) is 9.01. The third-order valence-corrected chi connectivity index (χ3v) is 5.96. The van der Waals surface area contributed by atoms with Crippen LogP contribution in [0.5, 0.6) is 0 Å². The molecule has 144 valence electrons. The number of benzene rings is 1. The second-order valence-corrected chi connectivity index (χ2v) is 8.32. The molecule has 0 bridgehead atoms. The van der Waals surface area contributed by atoms with E-state index in [0.717, 1.165) is 52.1 Å². The Kier molecular flexibility index (Phi) is 6.71. The number of nitrogens with zero attached hydrogens (tertiary/aromatic N) is 3. The van der Waals surface area contributed by atoms with Gasteiger partial charge in [0.05, 0.1) is 0 Å². The fraction of sp³-hybridized carbons (Fsp3) is 0.682. The number of hydrogen-bond acceptors (Lipinski definition) is 3. The van der Waals surface area contributed by atoms with Gasteiger partial charge in [0.1, 0.15) is 0 Å². The van der Waals surface area contributed by atoms with Crippen molar-refractivity contribution in [1.82, 2.24) is 14.7 Å². The highest BCUT2D eigenvalue weighted by molar-refractivity contribution is 5.76. The molecule has 4 heteroatoms. The van der Waals surface area contributed by atoms with Gasteiger partial charge in [0.15, 0.2) is 0 Å². The molecule has 1 aromatic carbocycles. The monoisotopic (exact) mass is 357 g/mol. The van der Waals surface area contributed by atoms with E-state index in [-0.39, 0.29) is 0 Å². The quantitative estimate of drug-likeness (QED) is 0.829. The Bertz CT molecular complexity index is 587. The number of piperazine rings is 1. The van der Waals surface area contributed by atoms with Gasteiger partial charge in [-0.2, -0.15) is 0 Å². The van der Waals surface area contributed by atoms with Crippen LogP contribution in [0.3, 0.4) is 0 Å². The molecule has 2 aliphatic heterocycles. The smallest absolute Gasteiger partial charge is 0.222 e. The summed E-state index contributed by atoms with van der Waals surface area (Å²) in [5.41, 5.74) is 3.87. The summed E-state index contributed by atoms with van der Waals surface area (Å²) in [5.74, 6) is 0.338. The standard InChI is InChI=1S/C22H35N3O/c1-18-14-19(2)16-20(15-18)7-8-22(26)25-9-5-4-6-21(17-25)24-12-10-23(3)11-13-24/h14-16,21H,4-13,17H2,1-3H3. The summed E-state index contributed by atoms with van der Waals surface area (Å²) in [5, 5.41) is 0. The van der Waals surface area contributed by atoms with Crippen LogP contribution in [0.15, 0.2) is 18.2 Å². The van der Waals surface area contributed by atoms with Crippen LogP contribution in [0.1, 0.15) is 42.4 Å². The molecular formula is C22H35N3O. The predicted molar refractivity (Wildman–Crippen MR) is 108 cm³/mol. The number of rotatable bonds is 4. The molecule has 2 saturated heterocycles. The molecule has 4 nitrogen and oxygen atoms in total. The summed E-state index contributed by atoms with van der Waals surface area (Å²) in [6.45, 7) is 10.7. The topological polar surface area (TPSA) is 26.8 Å². The molecule has 0 spiro atoms. The number of likely N-dealkylation sites (N-methyl/N-ethyl adjacent to an activating group) is 1. The van der Waals surface area contributed by atoms with Crippen LogP contribution in [0.2, 0.25) is 0 Å². The summed E-state index contributed by atoms with van der Waals surface area (Å²) in [6.07, 6.45) is 5.14. The van der Waals surface area contributed by atoms with Crippen LogP contribution < -0.4 is 0 Å². The summed E-state index contributed by atoms with van der Waals surface area (Å²) in [7, 11) is 2.20. The molecular weight excluding hydrogens is 322 g/mol. The summed E-state index contributed by atoms with van der Waals surface area (Å²) in [4.78, 5) is 20.0. The first-order valence-corrected chi connectivity index (χ1v) is 10.3. The van der Waals surface area contributed by atoms with Gasteiger partial charge in [-0.3, -0.25) is 9.69 Å². The molecule has 0 aliphatic carbocycles. The van der Waals surface area contributed by atoms with E-state index in [4.69, 9.17) is 0 Å². The third-order valence-electron chi connectivity index (χ3n) is 5.96. The van der Waals surface area contributed by atoms with Crippen molar-refractivity contribution < 1.29 is 4.79 Å². The molecule has 1 atom stereocenters. The van der Waals surface area contributed by atoms with Gasteiger partial charge in [-0.1, -0.05) is 35.7 Å². The predicted octanol–water partition coefficient (Wildman–Crippen LogP) is 2.86. The molecule has 3 rings (SSSR count). The molecule has 2 aliphatic rings. The molecule has 1 unspecified atom stereocenters. The minimum Gasteiger partial charge on any atom is -0.341 e. The molecule has 2 fully saturated rings. The maximum atomic E-state index is 12.9. The van der Waals surface area contributed by atoms with E-state index in [1.54, 1.807) is 0 Å². The minimum absolute atomic E-state index is 0.338. The van der Waals surface area contributed by atoms with Crippen molar-refractivity contribution >= 4 is 5.91 Å². The molecule has 1 aromatic rings. The van der Waals surface area contributed by atoms with E-state index < -0.39 is 0 Å². The fourth-order valence-corrected chi connectivity index (χ4v) is 4.45. The Labute approximate surface area is 159 Å². The minimum atomic E-state index is 0.338. The van der Waals surface area contributed by atoms with Gasteiger partial charge in [-0.05, 0) is 45.7 Å². The largest absolute Gasteiger partial charge is 0.341 e. The van der Waals surface area contributed by atoms with Gasteiger partial charge in [-0.25, -0.2) is 0 Å². The Morgan fingerprint density at radius 1 is 1.00 bits per heavy atom. The van der Waals surface area contributed by atoms with E-state index in [1.807, 2.05) is 0 Å². The van der Waals surface area contributed by atoms with Gasteiger partial charge < -0.3 is 9.80 Å². The first-order valence-electron chi connectivity index (χ1n) is 10.3. The van der Waals surface area contributed by atoms with Crippen molar-refractivity contribution in [2.45, 2.75) is 52.0 Å². The van der Waals surface area contributed by atoms with Crippen LogP contribution in [-0.4, -0.2) is 73.0 Å². The number of carbonyl (C=O) groups excluding carboxylic acids is 1. The maximum Gasteiger partial charge on any atom is 0.222 e. The van der Waals surface area contributed by atoms with Crippen LogP contribution in [-0.2, 0) is 11.2 Å². The third kappa shape index (κ3) is 5.31. The van der Waals surface area contributed by atoms with Crippen molar-refractivity contribution in [1.29, 1.82) is 0 Å². The second-order valence-electron chi connectivity index (χ2n) is 8.32. The van der Waals surface area contributed by atoms with Gasteiger partial charge in [0, 0.05) is 51.7 Å². The molecule has 1 amide bonds. The molecule has 0 radical (unpaired) electrons. The highest BCUT2D eigenvalue weighted by Crippen LogP contribution is 2.19. The highest BCUT2D eigenvalue weighted by atomic mass is 16.2. The van der Waals surface area contributed by atoms with Crippen molar-refractivity contribution in [2.75, 3.05) is 46.3 Å². The SMILES string of the molecule is Cc1cc(C)cc(CCC(=O)N2CCCCC(N3CCN(C)CC3)C2)c1. The average molecular weight is 358 g/mol. The van der Waals surface area contributed by atoms with E-state index in [2.05, 4.69) is 53.8 Å². The molecule has 0 aromatic heterocycles. The molecule has 2 heterocycles. The lowest BCUT2D eigenvalue weighted by Gasteiger charge is -2.39. The maximum absolute atomic E-state index is 12.9. The normalized spacial score (nSPS) is 23.0. The van der Waals surface area contributed by atoms with E-state index >= 15 is 0 Å². The zero-order chi connectivity index (χ0) is 18.5. The number of carbonyl (C=O) groups is 1. The van der Waals surface area contributed by atoms with Crippen molar-refractivity contribution in [3.63, 3.8) is 0 Å². The number of hydrogen-bond donors (Lipinski definition) is 0. The first-order chi connectivity index (χ1) is 12.5. The lowest BCUT2D eigenvalue weighted by atomic mass is 10.0. The van der Waals surface area contributed by atoms with Gasteiger partial charge in [-0.15, -0.1) is 0 Å². The Morgan fingerprint density at radius 3 is 2.38 bits per heavy atom. The number of likely N-dealkylation sites (tertiary alicyclic amines) is 1. The number of aryl methyl sites for hydroxylation is 3. The first kappa shape index (κ1) is 19.4. The molecule has 26 heavy (non-hydrogen) atoms. The van der Waals surface area contributed by atoms with Crippen molar-refractivity contribution in [3.8, 4) is 0 Å². The zero-order valence-corrected chi connectivity index (χ0v) is 16.8. The summed E-state index contributed by atoms with van der Waals surface area (Å²) in [6, 6.07) is 7.18. The van der Waals surface area contributed by atoms with Crippen LogP contribution in [0, 0.1) is 13.8 Å². The van der Waals surface area contributed by atoms with Gasteiger partial charge in [0.2, 0.25) is 5.91 Å². The van der Waals surface area contributed by atoms with Gasteiger partial charge in [0.25, 0.3) is 0 Å². The van der Waals surface area contributed by atoms with Gasteiger partial charge >= 0.3 is 0 Å². The van der Waals surface area contributed by atoms with Crippen molar-refractivity contribution in [3.05, 3.63) is 34.9 Å². The molecule has 0 saturated carbocycles. The fourth-order valence-electron chi connectivity index (χ4n) is 4.45. The Hall–Kier alpha value is -1.39. The van der Waals surface area contributed by atoms with E-state index in [0.29, 0.717) is 18.4 Å². The van der Waals surface area contributed by atoms with E-state index in [1.165, 1.54) is 29.5 Å². The highest BCUT2D eigenvalue weighted by Gasteiger charge is 2.27. The van der Waals surface area contributed by atoms with Crippen LogP contribution in [0.25, 0.3) is 0 Å².